The molecule has 46 valence electrons. The molecule has 0 radical (unpaired) electrons. The number of fused-ring (bicyclic) bond motifs is 1. The van der Waals surface area contributed by atoms with E-state index in [4.69, 9.17) is 5.73 Å². The topological polar surface area (TPSA) is 26.0 Å². The van der Waals surface area contributed by atoms with Crippen LogP contribution in [0.25, 0.3) is 0 Å². The van der Waals surface area contributed by atoms with Gasteiger partial charge in [0.05, 0.1) is 0 Å². The van der Waals surface area contributed by atoms with Crippen LogP contribution in [0.5, 0.6) is 0 Å². The Morgan fingerprint density at radius 1 is 1.00 bits per heavy atom. The van der Waals surface area contributed by atoms with Crippen molar-refractivity contribution in [2.75, 3.05) is 0 Å². The Balaban J connectivity index is 2.05. The Bertz CT molecular complexity index is 94.6. The molecule has 0 saturated heterocycles. The smallest absolute Gasteiger partial charge is 0.00699 e. The van der Waals surface area contributed by atoms with E-state index >= 15 is 0 Å². The molecular weight excluding hydrogens is 98.1 g/mol. The summed E-state index contributed by atoms with van der Waals surface area (Å²) in [6.07, 6.45) is 5.62. The summed E-state index contributed by atoms with van der Waals surface area (Å²) < 4.78 is 0. The minimum atomic E-state index is 0.578. The summed E-state index contributed by atoms with van der Waals surface area (Å²) in [7, 11) is 0. The Morgan fingerprint density at radius 2 is 1.75 bits per heavy atom. The van der Waals surface area contributed by atoms with Gasteiger partial charge in [-0.1, -0.05) is 0 Å². The van der Waals surface area contributed by atoms with Gasteiger partial charge in [-0.2, -0.15) is 0 Å². The molecule has 1 heteroatoms. The van der Waals surface area contributed by atoms with Crippen molar-refractivity contribution in [3.05, 3.63) is 0 Å². The van der Waals surface area contributed by atoms with Crippen molar-refractivity contribution in [2.24, 2.45) is 17.6 Å². The lowest BCUT2D eigenvalue weighted by Crippen LogP contribution is -2.33. The van der Waals surface area contributed by atoms with Crippen LogP contribution in [-0.2, 0) is 0 Å². The molecule has 2 N–H and O–H groups in total. The SMILES string of the molecule is N[C@H]1CC[C@@H]2CC[C@@H]21. The highest BCUT2D eigenvalue weighted by atomic mass is 14.7. The third-order valence-electron chi connectivity index (χ3n) is 2.90. The van der Waals surface area contributed by atoms with Crippen LogP contribution in [0.2, 0.25) is 0 Å². The lowest BCUT2D eigenvalue weighted by Gasteiger charge is -2.32. The zero-order valence-electron chi connectivity index (χ0n) is 5.14. The van der Waals surface area contributed by atoms with Gasteiger partial charge >= 0.3 is 0 Å². The van der Waals surface area contributed by atoms with Gasteiger partial charge in [0, 0.05) is 6.04 Å². The fourth-order valence-corrected chi connectivity index (χ4v) is 2.14. The maximum atomic E-state index is 5.82. The third-order valence-corrected chi connectivity index (χ3v) is 2.90. The van der Waals surface area contributed by atoms with E-state index in [2.05, 4.69) is 0 Å². The van der Waals surface area contributed by atoms with Crippen LogP contribution >= 0.6 is 0 Å². The Hall–Kier alpha value is -0.0400. The molecule has 0 amide bonds. The van der Waals surface area contributed by atoms with E-state index in [-0.39, 0.29) is 0 Å². The zero-order valence-corrected chi connectivity index (χ0v) is 5.14. The van der Waals surface area contributed by atoms with Crippen LogP contribution in [0.3, 0.4) is 0 Å². The van der Waals surface area contributed by atoms with Crippen LogP contribution in [-0.4, -0.2) is 6.04 Å². The van der Waals surface area contributed by atoms with Gasteiger partial charge in [0.15, 0.2) is 0 Å². The Kier molecular flexibility index (Phi) is 0.884. The second-order valence-electron chi connectivity index (χ2n) is 3.24. The van der Waals surface area contributed by atoms with Crippen LogP contribution in [0.1, 0.15) is 25.7 Å². The van der Waals surface area contributed by atoms with E-state index < -0.39 is 0 Å². The van der Waals surface area contributed by atoms with Gasteiger partial charge in [-0.25, -0.2) is 0 Å². The average Bonchev–Trinajstić information content (AvgIpc) is 1.80. The molecule has 0 unspecified atom stereocenters. The van der Waals surface area contributed by atoms with Crippen LogP contribution in [0, 0.1) is 11.8 Å². The lowest BCUT2D eigenvalue weighted by atomic mass is 9.75. The first-order valence-electron chi connectivity index (χ1n) is 3.63. The highest BCUT2D eigenvalue weighted by Gasteiger charge is 2.39. The molecule has 0 spiro atoms. The number of hydrogen-bond donors (Lipinski definition) is 1. The van der Waals surface area contributed by atoms with E-state index in [0.717, 1.165) is 11.8 Å². The van der Waals surface area contributed by atoms with Gasteiger partial charge in [0.1, 0.15) is 0 Å². The molecule has 0 heterocycles. The van der Waals surface area contributed by atoms with Gasteiger partial charge in [-0.05, 0) is 37.5 Å². The molecule has 0 aromatic rings. The first-order valence-corrected chi connectivity index (χ1v) is 3.63. The highest BCUT2D eigenvalue weighted by Crippen LogP contribution is 2.45. The van der Waals surface area contributed by atoms with E-state index in [1.54, 1.807) is 0 Å². The number of rotatable bonds is 0. The zero-order chi connectivity index (χ0) is 5.56. The standard InChI is InChI=1S/C7H13N/c8-7-4-2-5-1-3-6(5)7/h5-7H,1-4,8H2/t5-,6-,7-/m0/s1. The minimum Gasteiger partial charge on any atom is -0.327 e. The van der Waals surface area contributed by atoms with E-state index in [1.807, 2.05) is 0 Å². The quantitative estimate of drug-likeness (QED) is 0.498. The van der Waals surface area contributed by atoms with Gasteiger partial charge in [0.25, 0.3) is 0 Å². The summed E-state index contributed by atoms with van der Waals surface area (Å²) in [5.41, 5.74) is 5.82. The van der Waals surface area contributed by atoms with E-state index in [9.17, 15) is 0 Å². The maximum Gasteiger partial charge on any atom is 0.00699 e. The molecule has 0 aromatic heterocycles. The summed E-state index contributed by atoms with van der Waals surface area (Å²) in [5, 5.41) is 0. The molecule has 1 nitrogen and oxygen atoms in total. The average molecular weight is 111 g/mol. The summed E-state index contributed by atoms with van der Waals surface area (Å²) in [6.45, 7) is 0. The van der Waals surface area contributed by atoms with Crippen molar-refractivity contribution in [1.29, 1.82) is 0 Å². The molecule has 0 bridgehead atoms. The molecule has 8 heavy (non-hydrogen) atoms. The van der Waals surface area contributed by atoms with Crippen LogP contribution in [0.15, 0.2) is 0 Å². The van der Waals surface area contributed by atoms with Crippen molar-refractivity contribution < 1.29 is 0 Å². The van der Waals surface area contributed by atoms with Gasteiger partial charge in [-0.3, -0.25) is 0 Å². The number of hydrogen-bond acceptors (Lipinski definition) is 1. The van der Waals surface area contributed by atoms with Crippen molar-refractivity contribution in [1.82, 2.24) is 0 Å². The second kappa shape index (κ2) is 1.47. The Morgan fingerprint density at radius 3 is 2.00 bits per heavy atom. The highest BCUT2D eigenvalue weighted by molar-refractivity contribution is 4.94. The summed E-state index contributed by atoms with van der Waals surface area (Å²) >= 11 is 0. The fraction of sp³-hybridized carbons (Fsp3) is 1.00. The second-order valence-corrected chi connectivity index (χ2v) is 3.24. The van der Waals surface area contributed by atoms with E-state index in [1.165, 1.54) is 25.7 Å². The first-order chi connectivity index (χ1) is 3.88. The molecule has 0 aliphatic heterocycles. The minimum absolute atomic E-state index is 0.578. The lowest BCUT2D eigenvalue weighted by molar-refractivity contribution is 0.202. The predicted molar refractivity (Wildman–Crippen MR) is 33.4 cm³/mol. The molecule has 2 aliphatic carbocycles. The maximum absolute atomic E-state index is 5.82. The fourth-order valence-electron chi connectivity index (χ4n) is 2.14. The van der Waals surface area contributed by atoms with Gasteiger partial charge < -0.3 is 5.73 Å². The largest absolute Gasteiger partial charge is 0.327 e. The molecule has 2 saturated carbocycles. The summed E-state index contributed by atoms with van der Waals surface area (Å²) in [4.78, 5) is 0. The van der Waals surface area contributed by atoms with Crippen LogP contribution in [0.4, 0.5) is 0 Å². The summed E-state index contributed by atoms with van der Waals surface area (Å²) in [5.74, 6) is 1.99. The first kappa shape index (κ1) is 4.80. The molecule has 0 aromatic carbocycles. The van der Waals surface area contributed by atoms with Crippen molar-refractivity contribution in [2.45, 2.75) is 31.7 Å². The summed E-state index contributed by atoms with van der Waals surface area (Å²) in [6, 6.07) is 0.578. The molecule has 3 atom stereocenters. The van der Waals surface area contributed by atoms with Crippen LogP contribution < -0.4 is 5.73 Å². The molecule has 2 rings (SSSR count). The molecular formula is C7H13N. The van der Waals surface area contributed by atoms with Crippen molar-refractivity contribution in [3.63, 3.8) is 0 Å². The Labute approximate surface area is 50.3 Å². The number of nitrogens with two attached hydrogens (primary N) is 1. The third kappa shape index (κ3) is 0.455. The van der Waals surface area contributed by atoms with E-state index in [0.29, 0.717) is 6.04 Å². The molecule has 2 fully saturated rings. The predicted octanol–water partition coefficient (Wildman–Crippen LogP) is 1.13. The monoisotopic (exact) mass is 111 g/mol. The molecule has 2 aliphatic rings. The van der Waals surface area contributed by atoms with Crippen molar-refractivity contribution >= 4 is 0 Å². The van der Waals surface area contributed by atoms with Gasteiger partial charge in [0.2, 0.25) is 0 Å². The van der Waals surface area contributed by atoms with Gasteiger partial charge in [-0.15, -0.1) is 0 Å². The normalized spacial score (nSPS) is 52.9. The van der Waals surface area contributed by atoms with Crippen molar-refractivity contribution in [3.8, 4) is 0 Å².